The van der Waals surface area contributed by atoms with Crippen LogP contribution >= 0.6 is 11.3 Å². The maximum Gasteiger partial charge on any atom is 0.274 e. The summed E-state index contributed by atoms with van der Waals surface area (Å²) in [4.78, 5) is 27.8. The lowest BCUT2D eigenvalue weighted by atomic mass is 10.1. The summed E-state index contributed by atoms with van der Waals surface area (Å²) in [5, 5.41) is 4.00. The fraction of sp³-hybridized carbons (Fsp3) is 0.333. The summed E-state index contributed by atoms with van der Waals surface area (Å²) in [5.41, 5.74) is 1.67. The number of fused-ring (bicyclic) bond motifs is 1. The fourth-order valence-corrected chi connectivity index (χ4v) is 3.70. The van der Waals surface area contributed by atoms with Gasteiger partial charge in [0, 0.05) is 13.1 Å². The molecule has 1 aromatic carbocycles. The fourth-order valence-electron chi connectivity index (χ4n) is 2.86. The van der Waals surface area contributed by atoms with Crippen LogP contribution in [0.1, 0.15) is 40.4 Å². The second-order valence-electron chi connectivity index (χ2n) is 6.35. The monoisotopic (exact) mass is 371 g/mol. The minimum Gasteiger partial charge on any atom is -0.348 e. The van der Waals surface area contributed by atoms with E-state index < -0.39 is 0 Å². The highest BCUT2D eigenvalue weighted by Gasteiger charge is 2.27. The smallest absolute Gasteiger partial charge is 0.274 e. The Balaban J connectivity index is 1.69. The first kappa shape index (κ1) is 16.8. The molecule has 26 heavy (non-hydrogen) atoms. The first-order chi connectivity index (χ1) is 12.5. The molecule has 2 aromatic heterocycles. The molecule has 0 radical (unpaired) electrons. The number of carbonyl (C=O) groups excluding carboxylic acids is 1. The number of nitrogens with zero attached hydrogens (tertiary/aromatic N) is 4. The van der Waals surface area contributed by atoms with Gasteiger partial charge in [0.15, 0.2) is 11.3 Å². The number of benzene rings is 1. The average molecular weight is 371 g/mol. The Morgan fingerprint density at radius 2 is 2.12 bits per heavy atom. The predicted molar refractivity (Wildman–Crippen MR) is 98.9 cm³/mol. The van der Waals surface area contributed by atoms with Crippen LogP contribution in [0.15, 0.2) is 24.3 Å². The summed E-state index contributed by atoms with van der Waals surface area (Å²) in [6, 6.07) is 6.15. The van der Waals surface area contributed by atoms with Crippen LogP contribution in [-0.4, -0.2) is 38.8 Å². The largest absolute Gasteiger partial charge is 0.348 e. The Bertz CT molecular complexity index is 985. The Morgan fingerprint density at radius 1 is 1.31 bits per heavy atom. The molecule has 0 bridgehead atoms. The average Bonchev–Trinajstić information content (AvgIpc) is 2.92. The van der Waals surface area contributed by atoms with Crippen LogP contribution in [0, 0.1) is 12.7 Å². The van der Waals surface area contributed by atoms with Gasteiger partial charge in [-0.2, -0.15) is 4.98 Å². The van der Waals surface area contributed by atoms with E-state index in [2.05, 4.69) is 20.3 Å². The molecule has 1 aliphatic heterocycles. The van der Waals surface area contributed by atoms with E-state index in [-0.39, 0.29) is 17.8 Å². The maximum atomic E-state index is 13.5. The number of aromatic nitrogens is 3. The minimum absolute atomic E-state index is 0.0891. The SMILES string of the molecule is Cc1nc2nc(NC(C)c3cccc(F)c3)nc(C(=O)N3CCC3)c2s1. The zero-order valence-corrected chi connectivity index (χ0v) is 15.3. The van der Waals surface area contributed by atoms with Crippen LogP contribution in [0.25, 0.3) is 10.3 Å². The number of thiazole rings is 1. The van der Waals surface area contributed by atoms with Gasteiger partial charge >= 0.3 is 0 Å². The first-order valence-corrected chi connectivity index (χ1v) is 9.29. The molecule has 1 atom stereocenters. The van der Waals surface area contributed by atoms with E-state index in [0.29, 0.717) is 22.0 Å². The molecule has 1 unspecified atom stereocenters. The summed E-state index contributed by atoms with van der Waals surface area (Å²) in [6.45, 7) is 5.29. The van der Waals surface area contributed by atoms with Crippen molar-refractivity contribution >= 4 is 33.5 Å². The molecule has 1 fully saturated rings. The van der Waals surface area contributed by atoms with Crippen molar-refractivity contribution in [2.75, 3.05) is 18.4 Å². The number of hydrogen-bond acceptors (Lipinski definition) is 6. The molecule has 0 spiro atoms. The molecule has 1 N–H and O–H groups in total. The summed E-state index contributed by atoms with van der Waals surface area (Å²) in [6.07, 6.45) is 1.02. The normalized spacial score (nSPS) is 15.0. The van der Waals surface area contributed by atoms with Gasteiger partial charge in [-0.1, -0.05) is 12.1 Å². The van der Waals surface area contributed by atoms with Crippen molar-refractivity contribution in [3.05, 3.63) is 46.3 Å². The first-order valence-electron chi connectivity index (χ1n) is 8.48. The van der Waals surface area contributed by atoms with Gasteiger partial charge in [-0.05, 0) is 38.0 Å². The Morgan fingerprint density at radius 3 is 2.81 bits per heavy atom. The van der Waals surface area contributed by atoms with Gasteiger partial charge < -0.3 is 10.2 Å². The quantitative estimate of drug-likeness (QED) is 0.759. The molecule has 8 heteroatoms. The molecule has 3 heterocycles. The van der Waals surface area contributed by atoms with E-state index in [1.54, 1.807) is 11.0 Å². The van der Waals surface area contributed by atoms with Crippen LogP contribution in [0.3, 0.4) is 0 Å². The van der Waals surface area contributed by atoms with Gasteiger partial charge in [-0.25, -0.2) is 14.4 Å². The topological polar surface area (TPSA) is 71.0 Å². The molecular weight excluding hydrogens is 353 g/mol. The van der Waals surface area contributed by atoms with Gasteiger partial charge in [-0.3, -0.25) is 4.79 Å². The van der Waals surface area contributed by atoms with Gasteiger partial charge in [0.25, 0.3) is 5.91 Å². The molecule has 134 valence electrons. The van der Waals surface area contributed by atoms with Crippen molar-refractivity contribution < 1.29 is 9.18 Å². The van der Waals surface area contributed by atoms with E-state index in [4.69, 9.17) is 0 Å². The summed E-state index contributed by atoms with van der Waals surface area (Å²) in [7, 11) is 0. The third-order valence-electron chi connectivity index (χ3n) is 4.40. The minimum atomic E-state index is -0.295. The maximum absolute atomic E-state index is 13.5. The lowest BCUT2D eigenvalue weighted by Gasteiger charge is -2.30. The summed E-state index contributed by atoms with van der Waals surface area (Å²) in [5.74, 6) is -0.0616. The number of hydrogen-bond donors (Lipinski definition) is 1. The Kier molecular flexibility index (Phi) is 4.28. The lowest BCUT2D eigenvalue weighted by Crippen LogP contribution is -2.42. The number of anilines is 1. The van der Waals surface area contributed by atoms with Crippen molar-refractivity contribution in [1.29, 1.82) is 0 Å². The molecular formula is C18H18FN5OS. The van der Waals surface area contributed by atoms with Crippen LogP contribution in [-0.2, 0) is 0 Å². The van der Waals surface area contributed by atoms with Crippen LogP contribution in [0.5, 0.6) is 0 Å². The Labute approximate surface area is 154 Å². The highest BCUT2D eigenvalue weighted by atomic mass is 32.1. The molecule has 4 rings (SSSR count). The molecule has 1 aliphatic rings. The zero-order chi connectivity index (χ0) is 18.3. The van der Waals surface area contributed by atoms with E-state index >= 15 is 0 Å². The van der Waals surface area contributed by atoms with E-state index in [1.165, 1.54) is 23.5 Å². The molecule has 6 nitrogen and oxygen atoms in total. The molecule has 1 amide bonds. The number of nitrogens with one attached hydrogen (secondary N) is 1. The van der Waals surface area contributed by atoms with Crippen molar-refractivity contribution in [3.63, 3.8) is 0 Å². The van der Waals surface area contributed by atoms with Gasteiger partial charge in [0.1, 0.15) is 10.5 Å². The van der Waals surface area contributed by atoms with Gasteiger partial charge in [-0.15, -0.1) is 11.3 Å². The third kappa shape index (κ3) is 3.12. The van der Waals surface area contributed by atoms with Crippen LogP contribution in [0.4, 0.5) is 10.3 Å². The van der Waals surface area contributed by atoms with E-state index in [1.807, 2.05) is 19.9 Å². The zero-order valence-electron chi connectivity index (χ0n) is 14.5. The predicted octanol–water partition coefficient (Wildman–Crippen LogP) is 3.55. The summed E-state index contributed by atoms with van der Waals surface area (Å²) < 4.78 is 14.2. The van der Waals surface area contributed by atoms with Gasteiger partial charge in [0.2, 0.25) is 5.95 Å². The lowest BCUT2D eigenvalue weighted by molar-refractivity contribution is 0.0648. The number of halogens is 1. The second kappa shape index (κ2) is 6.60. The highest BCUT2D eigenvalue weighted by Crippen LogP contribution is 2.27. The second-order valence-corrected chi connectivity index (χ2v) is 7.55. The number of rotatable bonds is 4. The van der Waals surface area contributed by atoms with Crippen molar-refractivity contribution in [3.8, 4) is 0 Å². The van der Waals surface area contributed by atoms with Crippen LogP contribution in [0.2, 0.25) is 0 Å². The Hall–Kier alpha value is -2.61. The standard InChI is InChI=1S/C18H18FN5OS/c1-10(12-5-3-6-13(19)9-12)20-18-22-14(17(25)24-7-4-8-24)15-16(23-18)21-11(2)26-15/h3,5-6,9-10H,4,7-8H2,1-2H3,(H,20,22,23). The van der Waals surface area contributed by atoms with E-state index in [9.17, 15) is 9.18 Å². The number of carbonyl (C=O) groups is 1. The number of aryl methyl sites for hydroxylation is 1. The number of amides is 1. The van der Waals surface area contributed by atoms with Crippen molar-refractivity contribution in [2.45, 2.75) is 26.3 Å². The molecule has 0 aliphatic carbocycles. The molecule has 3 aromatic rings. The number of likely N-dealkylation sites (tertiary alicyclic amines) is 1. The van der Waals surface area contributed by atoms with Crippen molar-refractivity contribution in [2.24, 2.45) is 0 Å². The van der Waals surface area contributed by atoms with Crippen molar-refractivity contribution in [1.82, 2.24) is 19.9 Å². The third-order valence-corrected chi connectivity index (χ3v) is 5.37. The van der Waals surface area contributed by atoms with Gasteiger partial charge in [0.05, 0.1) is 11.0 Å². The van der Waals surface area contributed by atoms with E-state index in [0.717, 1.165) is 30.1 Å². The molecule has 0 saturated carbocycles. The summed E-state index contributed by atoms with van der Waals surface area (Å²) >= 11 is 1.42. The van der Waals surface area contributed by atoms with Crippen LogP contribution < -0.4 is 5.32 Å². The highest BCUT2D eigenvalue weighted by molar-refractivity contribution is 7.18. The molecule has 1 saturated heterocycles.